The molecule has 1 aromatic carbocycles. The molecule has 5 rings (SSSR count). The van der Waals surface area contributed by atoms with Gasteiger partial charge in [-0.1, -0.05) is 30.3 Å². The number of carbonyl (C=O) groups is 1. The minimum atomic E-state index is -0.331. The average molecular weight is 451 g/mol. The van der Waals surface area contributed by atoms with Crippen LogP contribution in [-0.2, 0) is 5.54 Å². The Morgan fingerprint density at radius 1 is 1.09 bits per heavy atom. The van der Waals surface area contributed by atoms with Crippen LogP contribution in [0.1, 0.15) is 44.1 Å². The van der Waals surface area contributed by atoms with Crippen molar-refractivity contribution < 1.29 is 9.90 Å². The third kappa shape index (κ3) is 4.06. The molecule has 1 spiro atoms. The highest BCUT2D eigenvalue weighted by atomic mass is 16.3. The Morgan fingerprint density at radius 2 is 1.79 bits per heavy atom. The number of nitrogens with zero attached hydrogens (tertiary/aromatic N) is 5. The van der Waals surface area contributed by atoms with Crippen LogP contribution in [0.15, 0.2) is 42.7 Å². The van der Waals surface area contributed by atoms with Crippen LogP contribution in [-0.4, -0.2) is 71.4 Å². The number of carbonyl (C=O) groups excluding carboxylic acids is 1. The lowest BCUT2D eigenvalue weighted by molar-refractivity contribution is 0.0658. The van der Waals surface area contributed by atoms with Crippen LogP contribution in [0.5, 0.6) is 0 Å². The minimum Gasteiger partial charge on any atom is -0.391 e. The molecule has 0 radical (unpaired) electrons. The number of rotatable bonds is 4. The molecule has 1 atom stereocenters. The molecule has 1 aliphatic carbocycles. The van der Waals surface area contributed by atoms with Crippen molar-refractivity contribution in [3.8, 4) is 0 Å². The zero-order valence-corrected chi connectivity index (χ0v) is 19.6. The van der Waals surface area contributed by atoms with E-state index in [4.69, 9.17) is 0 Å². The van der Waals surface area contributed by atoms with E-state index >= 15 is 0 Å². The van der Waals surface area contributed by atoms with E-state index in [0.29, 0.717) is 19.0 Å². The van der Waals surface area contributed by atoms with Gasteiger partial charge in [0.15, 0.2) is 0 Å². The van der Waals surface area contributed by atoms with Crippen LogP contribution in [0.4, 0.5) is 16.4 Å². The average Bonchev–Trinajstić information content (AvgIpc) is 3.16. The highest BCUT2D eigenvalue weighted by molar-refractivity contribution is 5.95. The molecule has 2 saturated heterocycles. The summed E-state index contributed by atoms with van der Waals surface area (Å²) in [6.45, 7) is 2.04. The summed E-state index contributed by atoms with van der Waals surface area (Å²) in [6.07, 6.45) is 8.72. The molecule has 176 valence electrons. The summed E-state index contributed by atoms with van der Waals surface area (Å²) in [5.41, 5.74) is 1.84. The van der Waals surface area contributed by atoms with Gasteiger partial charge < -0.3 is 15.3 Å². The van der Waals surface area contributed by atoms with Crippen molar-refractivity contribution in [3.63, 3.8) is 0 Å². The van der Waals surface area contributed by atoms with Crippen molar-refractivity contribution in [2.45, 2.75) is 55.7 Å². The Morgan fingerprint density at radius 3 is 2.42 bits per heavy atom. The van der Waals surface area contributed by atoms with E-state index in [1.54, 1.807) is 17.3 Å². The van der Waals surface area contributed by atoms with Gasteiger partial charge in [-0.15, -0.1) is 0 Å². The van der Waals surface area contributed by atoms with Gasteiger partial charge in [0, 0.05) is 18.6 Å². The molecule has 8 nitrogen and oxygen atoms in total. The highest BCUT2D eigenvalue weighted by Gasteiger charge is 2.50. The second-order valence-corrected chi connectivity index (χ2v) is 10.1. The maximum atomic E-state index is 12.9. The molecule has 2 aromatic rings. The van der Waals surface area contributed by atoms with E-state index in [-0.39, 0.29) is 23.2 Å². The first-order valence-electron chi connectivity index (χ1n) is 12.0. The van der Waals surface area contributed by atoms with E-state index in [0.717, 1.165) is 50.8 Å². The van der Waals surface area contributed by atoms with Crippen LogP contribution in [0.3, 0.4) is 0 Å². The van der Waals surface area contributed by atoms with Crippen molar-refractivity contribution in [1.82, 2.24) is 20.2 Å². The molecular weight excluding hydrogens is 416 g/mol. The first-order chi connectivity index (χ1) is 15.9. The summed E-state index contributed by atoms with van der Waals surface area (Å²) >= 11 is 0. The molecular formula is C25H34N6O2. The SMILES string of the molecule is CN(C)[C@]1(c2ccccc2)CC[C@@]2(CC1)CN(c1cnc(N3CCCC(O)C3)nc1)C(=O)N2. The summed E-state index contributed by atoms with van der Waals surface area (Å²) in [5, 5.41) is 13.2. The lowest BCUT2D eigenvalue weighted by Crippen LogP contribution is -2.54. The topological polar surface area (TPSA) is 84.8 Å². The maximum Gasteiger partial charge on any atom is 0.322 e. The second-order valence-electron chi connectivity index (χ2n) is 10.1. The summed E-state index contributed by atoms with van der Waals surface area (Å²) in [4.78, 5) is 28.1. The van der Waals surface area contributed by atoms with Crippen molar-refractivity contribution in [3.05, 3.63) is 48.3 Å². The molecule has 33 heavy (non-hydrogen) atoms. The lowest BCUT2D eigenvalue weighted by atomic mass is 9.69. The van der Waals surface area contributed by atoms with Crippen molar-refractivity contribution in [1.29, 1.82) is 0 Å². The number of piperidine rings is 1. The van der Waals surface area contributed by atoms with Crippen molar-refractivity contribution >= 4 is 17.7 Å². The number of β-amino-alcohol motifs (C(OH)–C–C–N with tert-alkyl or cyclic N) is 1. The van der Waals surface area contributed by atoms with E-state index in [9.17, 15) is 9.90 Å². The molecule has 2 amide bonds. The van der Waals surface area contributed by atoms with E-state index in [2.05, 4.69) is 64.6 Å². The van der Waals surface area contributed by atoms with Crippen LogP contribution < -0.4 is 15.1 Å². The molecule has 3 heterocycles. The normalized spacial score (nSPS) is 30.2. The van der Waals surface area contributed by atoms with Gasteiger partial charge in [0.25, 0.3) is 0 Å². The summed E-state index contributed by atoms with van der Waals surface area (Å²) in [7, 11) is 4.31. The first kappa shape index (κ1) is 22.1. The Balaban J connectivity index is 1.29. The Labute approximate surface area is 195 Å². The third-order valence-electron chi connectivity index (χ3n) is 7.90. The zero-order valence-electron chi connectivity index (χ0n) is 19.6. The van der Waals surface area contributed by atoms with Crippen LogP contribution >= 0.6 is 0 Å². The van der Waals surface area contributed by atoms with E-state index in [1.165, 1.54) is 5.56 Å². The molecule has 2 aliphatic heterocycles. The smallest absolute Gasteiger partial charge is 0.322 e. The monoisotopic (exact) mass is 450 g/mol. The van der Waals surface area contributed by atoms with Gasteiger partial charge in [0.2, 0.25) is 5.95 Å². The molecule has 0 bridgehead atoms. The van der Waals surface area contributed by atoms with Crippen molar-refractivity contribution in [2.75, 3.05) is 43.5 Å². The van der Waals surface area contributed by atoms with E-state index in [1.807, 2.05) is 4.90 Å². The summed E-state index contributed by atoms with van der Waals surface area (Å²) in [6, 6.07) is 10.6. The van der Waals surface area contributed by atoms with E-state index < -0.39 is 0 Å². The van der Waals surface area contributed by atoms with Gasteiger partial charge in [-0.25, -0.2) is 14.8 Å². The number of hydrogen-bond donors (Lipinski definition) is 2. The fourth-order valence-corrected chi connectivity index (χ4v) is 5.84. The van der Waals surface area contributed by atoms with Gasteiger partial charge in [0.1, 0.15) is 0 Å². The molecule has 8 heteroatoms. The van der Waals surface area contributed by atoms with Crippen LogP contribution in [0, 0.1) is 0 Å². The summed E-state index contributed by atoms with van der Waals surface area (Å²) < 4.78 is 0. The number of aromatic nitrogens is 2. The quantitative estimate of drug-likeness (QED) is 0.745. The first-order valence-corrected chi connectivity index (χ1v) is 12.0. The van der Waals surface area contributed by atoms with Gasteiger partial charge in [-0.3, -0.25) is 9.80 Å². The Hall–Kier alpha value is -2.71. The predicted molar refractivity (Wildman–Crippen MR) is 128 cm³/mol. The van der Waals surface area contributed by atoms with Gasteiger partial charge >= 0.3 is 6.03 Å². The van der Waals surface area contributed by atoms with Gasteiger partial charge in [-0.2, -0.15) is 0 Å². The predicted octanol–water partition coefficient (Wildman–Crippen LogP) is 2.74. The number of aliphatic hydroxyl groups is 1. The lowest BCUT2D eigenvalue weighted by Gasteiger charge is -2.48. The molecule has 1 aromatic heterocycles. The number of urea groups is 1. The van der Waals surface area contributed by atoms with Crippen LogP contribution in [0.25, 0.3) is 0 Å². The molecule has 2 N–H and O–H groups in total. The molecule has 1 unspecified atom stereocenters. The fraction of sp³-hybridized carbons (Fsp3) is 0.560. The van der Waals surface area contributed by atoms with Crippen LogP contribution in [0.2, 0.25) is 0 Å². The number of benzene rings is 1. The number of amides is 2. The standard InChI is InChI=1S/C25H34N6O2/c1-29(2)25(19-7-4-3-5-8-19)12-10-24(11-13-25)18-31(23(33)28-24)20-15-26-22(27-16-20)30-14-6-9-21(32)17-30/h3-5,7-8,15-16,21,32H,6,9-14,17-18H2,1-2H3,(H,28,33)/t21?,24-,25-. The number of aliphatic hydroxyl groups excluding tert-OH is 1. The van der Waals surface area contributed by atoms with Gasteiger partial charge in [0.05, 0.1) is 36.3 Å². The Bertz CT molecular complexity index is 972. The highest BCUT2D eigenvalue weighted by Crippen LogP contribution is 2.46. The molecule has 3 fully saturated rings. The molecule has 1 saturated carbocycles. The second kappa shape index (κ2) is 8.57. The zero-order chi connectivity index (χ0) is 23.1. The van der Waals surface area contributed by atoms with Gasteiger partial charge in [-0.05, 0) is 58.2 Å². The largest absolute Gasteiger partial charge is 0.391 e. The fourth-order valence-electron chi connectivity index (χ4n) is 5.84. The molecule has 3 aliphatic rings. The number of nitrogens with one attached hydrogen (secondary N) is 1. The summed E-state index contributed by atoms with van der Waals surface area (Å²) in [5.74, 6) is 0.614. The Kier molecular flexibility index (Phi) is 5.74. The minimum absolute atomic E-state index is 0.00553. The number of hydrogen-bond acceptors (Lipinski definition) is 6. The third-order valence-corrected chi connectivity index (χ3v) is 7.90. The maximum absolute atomic E-state index is 12.9. The van der Waals surface area contributed by atoms with Crippen molar-refractivity contribution in [2.24, 2.45) is 0 Å². The number of anilines is 2.